The second kappa shape index (κ2) is 6.08. The standard InChI is InChI=1S/C16H29N3/c1-6-14-8-9-15(17-7-2)16(10-14)19-13(5)11(3)12(4)18-19/h14-17H,6-10H2,1-5H3. The number of nitrogens with zero attached hydrogens (tertiary/aromatic N) is 2. The maximum atomic E-state index is 4.81. The Bertz CT molecular complexity index is 422. The van der Waals surface area contributed by atoms with E-state index in [1.807, 2.05) is 0 Å². The molecule has 0 bridgehead atoms. The van der Waals surface area contributed by atoms with E-state index in [0.717, 1.165) is 12.5 Å². The molecule has 0 aromatic carbocycles. The summed E-state index contributed by atoms with van der Waals surface area (Å²) in [5, 5.41) is 8.48. The zero-order valence-electron chi connectivity index (χ0n) is 13.2. The van der Waals surface area contributed by atoms with Crippen LogP contribution in [0.4, 0.5) is 0 Å². The summed E-state index contributed by atoms with van der Waals surface area (Å²) < 4.78 is 2.31. The van der Waals surface area contributed by atoms with Gasteiger partial charge in [0.2, 0.25) is 0 Å². The summed E-state index contributed by atoms with van der Waals surface area (Å²) in [6, 6.07) is 1.12. The van der Waals surface area contributed by atoms with Crippen LogP contribution in [0, 0.1) is 26.7 Å². The van der Waals surface area contributed by atoms with E-state index in [9.17, 15) is 0 Å². The largest absolute Gasteiger partial charge is 0.312 e. The molecule has 1 fully saturated rings. The maximum absolute atomic E-state index is 4.81. The van der Waals surface area contributed by atoms with Gasteiger partial charge in [-0.25, -0.2) is 0 Å². The maximum Gasteiger partial charge on any atom is 0.0678 e. The number of hydrogen-bond donors (Lipinski definition) is 1. The summed E-state index contributed by atoms with van der Waals surface area (Å²) in [4.78, 5) is 0. The molecule has 19 heavy (non-hydrogen) atoms. The average Bonchev–Trinajstić information content (AvgIpc) is 2.67. The lowest BCUT2D eigenvalue weighted by Crippen LogP contribution is -2.42. The number of aromatic nitrogens is 2. The van der Waals surface area contributed by atoms with Gasteiger partial charge in [0.25, 0.3) is 0 Å². The van der Waals surface area contributed by atoms with Crippen molar-refractivity contribution in [3.8, 4) is 0 Å². The van der Waals surface area contributed by atoms with Gasteiger partial charge < -0.3 is 5.32 Å². The Labute approximate surface area is 117 Å². The molecule has 0 radical (unpaired) electrons. The summed E-state index contributed by atoms with van der Waals surface area (Å²) in [5.74, 6) is 0.865. The summed E-state index contributed by atoms with van der Waals surface area (Å²) in [5.41, 5.74) is 3.89. The van der Waals surface area contributed by atoms with E-state index in [2.05, 4.69) is 44.6 Å². The number of rotatable bonds is 4. The molecule has 0 amide bonds. The molecule has 1 saturated carbocycles. The Hall–Kier alpha value is -0.830. The van der Waals surface area contributed by atoms with Crippen LogP contribution >= 0.6 is 0 Å². The van der Waals surface area contributed by atoms with Crippen LogP contribution in [-0.2, 0) is 0 Å². The first kappa shape index (κ1) is 14.6. The SMILES string of the molecule is CCNC1CCC(CC)CC1n1nc(C)c(C)c1C. The molecule has 1 heterocycles. The van der Waals surface area contributed by atoms with Crippen LogP contribution in [0.1, 0.15) is 62.5 Å². The van der Waals surface area contributed by atoms with E-state index in [1.165, 1.54) is 42.6 Å². The first-order valence-corrected chi connectivity index (χ1v) is 7.84. The van der Waals surface area contributed by atoms with Gasteiger partial charge in [-0.1, -0.05) is 20.3 Å². The van der Waals surface area contributed by atoms with Gasteiger partial charge in [0, 0.05) is 11.7 Å². The highest BCUT2D eigenvalue weighted by atomic mass is 15.3. The fourth-order valence-corrected chi connectivity index (χ4v) is 3.44. The minimum absolute atomic E-state index is 0.533. The molecule has 2 rings (SSSR count). The lowest BCUT2D eigenvalue weighted by Gasteiger charge is -2.37. The third-order valence-electron chi connectivity index (χ3n) is 4.97. The minimum atomic E-state index is 0.533. The van der Waals surface area contributed by atoms with E-state index in [-0.39, 0.29) is 0 Å². The molecular weight excluding hydrogens is 234 g/mol. The summed E-state index contributed by atoms with van der Waals surface area (Å²) in [6.45, 7) is 12.1. The predicted molar refractivity (Wildman–Crippen MR) is 80.6 cm³/mol. The van der Waals surface area contributed by atoms with Crippen LogP contribution in [0.25, 0.3) is 0 Å². The van der Waals surface area contributed by atoms with E-state index in [1.54, 1.807) is 0 Å². The van der Waals surface area contributed by atoms with E-state index < -0.39 is 0 Å². The fourth-order valence-electron chi connectivity index (χ4n) is 3.44. The Balaban J connectivity index is 2.27. The quantitative estimate of drug-likeness (QED) is 0.900. The van der Waals surface area contributed by atoms with Crippen LogP contribution in [0.2, 0.25) is 0 Å². The van der Waals surface area contributed by atoms with Crippen molar-refractivity contribution < 1.29 is 0 Å². The molecule has 3 heteroatoms. The Morgan fingerprint density at radius 3 is 2.47 bits per heavy atom. The molecule has 0 aliphatic heterocycles. The normalized spacial score (nSPS) is 27.7. The van der Waals surface area contributed by atoms with Crippen molar-refractivity contribution >= 4 is 0 Å². The van der Waals surface area contributed by atoms with Crippen molar-refractivity contribution in [3.63, 3.8) is 0 Å². The molecular formula is C16H29N3. The van der Waals surface area contributed by atoms with Gasteiger partial charge in [0.15, 0.2) is 0 Å². The molecule has 0 spiro atoms. The Morgan fingerprint density at radius 2 is 1.95 bits per heavy atom. The van der Waals surface area contributed by atoms with Gasteiger partial charge in [-0.05, 0) is 58.1 Å². The molecule has 1 N–H and O–H groups in total. The number of aryl methyl sites for hydroxylation is 1. The van der Waals surface area contributed by atoms with Gasteiger partial charge in [-0.15, -0.1) is 0 Å². The third-order valence-corrected chi connectivity index (χ3v) is 4.97. The Kier molecular flexibility index (Phi) is 4.67. The highest BCUT2D eigenvalue weighted by Crippen LogP contribution is 2.35. The zero-order chi connectivity index (χ0) is 14.0. The molecule has 1 aliphatic carbocycles. The number of nitrogens with one attached hydrogen (secondary N) is 1. The highest BCUT2D eigenvalue weighted by molar-refractivity contribution is 5.23. The molecule has 0 saturated heterocycles. The van der Waals surface area contributed by atoms with E-state index >= 15 is 0 Å². The predicted octanol–water partition coefficient (Wildman–Crippen LogP) is 3.54. The molecule has 1 aliphatic rings. The van der Waals surface area contributed by atoms with Gasteiger partial charge in [0.05, 0.1) is 11.7 Å². The van der Waals surface area contributed by atoms with E-state index in [4.69, 9.17) is 5.10 Å². The van der Waals surface area contributed by atoms with Crippen LogP contribution in [0.5, 0.6) is 0 Å². The highest BCUT2D eigenvalue weighted by Gasteiger charge is 2.32. The van der Waals surface area contributed by atoms with Gasteiger partial charge in [-0.3, -0.25) is 4.68 Å². The van der Waals surface area contributed by atoms with Gasteiger partial charge in [0.1, 0.15) is 0 Å². The van der Waals surface area contributed by atoms with Crippen molar-refractivity contribution in [1.82, 2.24) is 15.1 Å². The van der Waals surface area contributed by atoms with Crippen molar-refractivity contribution in [2.45, 2.75) is 72.4 Å². The minimum Gasteiger partial charge on any atom is -0.312 e. The molecule has 3 atom stereocenters. The molecule has 3 nitrogen and oxygen atoms in total. The van der Waals surface area contributed by atoms with Gasteiger partial charge in [-0.2, -0.15) is 5.10 Å². The van der Waals surface area contributed by atoms with Crippen molar-refractivity contribution in [2.24, 2.45) is 5.92 Å². The van der Waals surface area contributed by atoms with Crippen LogP contribution in [-0.4, -0.2) is 22.4 Å². The van der Waals surface area contributed by atoms with Crippen molar-refractivity contribution in [1.29, 1.82) is 0 Å². The monoisotopic (exact) mass is 263 g/mol. The lowest BCUT2D eigenvalue weighted by molar-refractivity contribution is 0.190. The van der Waals surface area contributed by atoms with Gasteiger partial charge >= 0.3 is 0 Å². The summed E-state index contributed by atoms with van der Waals surface area (Å²) in [7, 11) is 0. The fraction of sp³-hybridized carbons (Fsp3) is 0.812. The smallest absolute Gasteiger partial charge is 0.0678 e. The molecule has 3 unspecified atom stereocenters. The summed E-state index contributed by atoms with van der Waals surface area (Å²) >= 11 is 0. The third kappa shape index (κ3) is 2.86. The lowest BCUT2D eigenvalue weighted by atomic mass is 9.81. The molecule has 1 aromatic heterocycles. The van der Waals surface area contributed by atoms with Crippen molar-refractivity contribution in [3.05, 3.63) is 17.0 Å². The zero-order valence-corrected chi connectivity index (χ0v) is 13.2. The van der Waals surface area contributed by atoms with Crippen LogP contribution in [0.15, 0.2) is 0 Å². The number of hydrogen-bond acceptors (Lipinski definition) is 2. The second-order valence-electron chi connectivity index (χ2n) is 6.06. The number of likely N-dealkylation sites (N-methyl/N-ethyl adjacent to an activating group) is 1. The molecule has 1 aromatic rings. The molecule has 108 valence electrons. The van der Waals surface area contributed by atoms with Crippen molar-refractivity contribution in [2.75, 3.05) is 6.54 Å². The van der Waals surface area contributed by atoms with Crippen LogP contribution in [0.3, 0.4) is 0 Å². The topological polar surface area (TPSA) is 29.9 Å². The summed E-state index contributed by atoms with van der Waals surface area (Å²) in [6.07, 6.45) is 5.22. The Morgan fingerprint density at radius 1 is 1.21 bits per heavy atom. The second-order valence-corrected chi connectivity index (χ2v) is 6.06. The first-order chi connectivity index (χ1) is 9.08. The first-order valence-electron chi connectivity index (χ1n) is 7.84. The van der Waals surface area contributed by atoms with E-state index in [0.29, 0.717) is 12.1 Å². The average molecular weight is 263 g/mol. The van der Waals surface area contributed by atoms with Crippen LogP contribution < -0.4 is 5.32 Å².